The van der Waals surface area contributed by atoms with Crippen molar-refractivity contribution in [2.45, 2.75) is 0 Å². The lowest BCUT2D eigenvalue weighted by Crippen LogP contribution is -2.01. The Balaban J connectivity index is 2.85. The van der Waals surface area contributed by atoms with Crippen LogP contribution in [-0.2, 0) is 0 Å². The monoisotopic (exact) mass is 254 g/mol. The van der Waals surface area contributed by atoms with Crippen LogP contribution in [0.25, 0.3) is 11.0 Å². The van der Waals surface area contributed by atoms with Gasteiger partial charge in [-0.15, -0.1) is 0 Å². The fraction of sp³-hybridized carbons (Fsp3) is 0.100. The van der Waals surface area contributed by atoms with Gasteiger partial charge in [-0.3, -0.25) is 4.79 Å². The van der Waals surface area contributed by atoms with Crippen LogP contribution in [0.4, 0.5) is 0 Å². The van der Waals surface area contributed by atoms with Crippen LogP contribution in [0.3, 0.4) is 0 Å². The first-order chi connectivity index (χ1) is 6.72. The highest BCUT2D eigenvalue weighted by Gasteiger charge is 2.05. The molecule has 2 rings (SSSR count). The van der Waals surface area contributed by atoms with E-state index < -0.39 is 0 Å². The van der Waals surface area contributed by atoms with Crippen LogP contribution < -0.4 is 10.2 Å². The summed E-state index contributed by atoms with van der Waals surface area (Å²) >= 11 is 3.12. The highest BCUT2D eigenvalue weighted by Crippen LogP contribution is 2.19. The summed E-state index contributed by atoms with van der Waals surface area (Å²) in [6.45, 7) is 0. The van der Waals surface area contributed by atoms with Gasteiger partial charge < -0.3 is 9.15 Å². The van der Waals surface area contributed by atoms with Gasteiger partial charge >= 0.3 is 0 Å². The van der Waals surface area contributed by atoms with E-state index in [2.05, 4.69) is 15.9 Å². The number of halogens is 1. The minimum atomic E-state index is -0.0925. The number of hydrogen-bond acceptors (Lipinski definition) is 3. The van der Waals surface area contributed by atoms with Crippen LogP contribution in [0.2, 0.25) is 0 Å². The summed E-state index contributed by atoms with van der Waals surface area (Å²) in [6, 6.07) is 5.12. The minimum absolute atomic E-state index is 0.0925. The lowest BCUT2D eigenvalue weighted by molar-refractivity contribution is 0.415. The van der Waals surface area contributed by atoms with Crippen molar-refractivity contribution in [2.24, 2.45) is 0 Å². The van der Waals surface area contributed by atoms with Crippen LogP contribution in [0.5, 0.6) is 5.75 Å². The molecule has 0 amide bonds. The Kier molecular flexibility index (Phi) is 2.29. The Morgan fingerprint density at radius 1 is 1.43 bits per heavy atom. The van der Waals surface area contributed by atoms with Crippen LogP contribution in [0.1, 0.15) is 0 Å². The zero-order chi connectivity index (χ0) is 10.1. The summed E-state index contributed by atoms with van der Waals surface area (Å²) < 4.78 is 10.7. The Labute approximate surface area is 88.4 Å². The van der Waals surface area contributed by atoms with E-state index in [1.807, 2.05) is 0 Å². The zero-order valence-electron chi connectivity index (χ0n) is 7.41. The summed E-state index contributed by atoms with van der Waals surface area (Å²) in [5.74, 6) is 0.642. The predicted octanol–water partition coefficient (Wildman–Crippen LogP) is 2.56. The Bertz CT molecular complexity index is 530. The Hall–Kier alpha value is -1.29. The number of benzene rings is 1. The van der Waals surface area contributed by atoms with E-state index in [9.17, 15) is 4.79 Å². The van der Waals surface area contributed by atoms with Crippen molar-refractivity contribution in [3.8, 4) is 5.75 Å². The average molecular weight is 255 g/mol. The fourth-order valence-corrected chi connectivity index (χ4v) is 1.52. The standard InChI is InChI=1S/C10H7BrO3/c1-13-6-2-3-9-7(4-6)10(12)8(11)5-14-9/h2-5H,1H3. The molecule has 0 atom stereocenters. The molecule has 0 N–H and O–H groups in total. The van der Waals surface area contributed by atoms with Crippen LogP contribution in [0.15, 0.2) is 38.1 Å². The molecular formula is C10H7BrO3. The number of methoxy groups -OCH3 is 1. The van der Waals surface area contributed by atoms with Gasteiger partial charge in [0.1, 0.15) is 22.1 Å². The van der Waals surface area contributed by atoms with Crippen LogP contribution >= 0.6 is 15.9 Å². The smallest absolute Gasteiger partial charge is 0.206 e. The number of rotatable bonds is 1. The van der Waals surface area contributed by atoms with E-state index >= 15 is 0 Å². The maximum Gasteiger partial charge on any atom is 0.206 e. The zero-order valence-corrected chi connectivity index (χ0v) is 9.00. The molecule has 0 aliphatic heterocycles. The molecule has 14 heavy (non-hydrogen) atoms. The molecule has 4 heteroatoms. The van der Waals surface area contributed by atoms with Gasteiger partial charge in [0.2, 0.25) is 5.43 Å². The van der Waals surface area contributed by atoms with Gasteiger partial charge in [0.25, 0.3) is 0 Å². The first-order valence-electron chi connectivity index (χ1n) is 3.97. The molecule has 0 spiro atoms. The van der Waals surface area contributed by atoms with Crippen molar-refractivity contribution in [3.63, 3.8) is 0 Å². The molecule has 0 aliphatic rings. The molecular weight excluding hydrogens is 248 g/mol. The van der Waals surface area contributed by atoms with Crippen LogP contribution in [0, 0.1) is 0 Å². The molecule has 0 saturated carbocycles. The summed E-state index contributed by atoms with van der Waals surface area (Å²) in [6.07, 6.45) is 1.39. The third-order valence-corrected chi connectivity index (χ3v) is 2.48. The normalized spacial score (nSPS) is 10.4. The van der Waals surface area contributed by atoms with Crippen molar-refractivity contribution in [2.75, 3.05) is 7.11 Å². The Morgan fingerprint density at radius 3 is 2.93 bits per heavy atom. The Morgan fingerprint density at radius 2 is 2.21 bits per heavy atom. The van der Waals surface area contributed by atoms with Gasteiger partial charge in [0, 0.05) is 0 Å². The number of ether oxygens (including phenoxy) is 1. The van der Waals surface area contributed by atoms with Gasteiger partial charge in [-0.1, -0.05) is 0 Å². The van der Waals surface area contributed by atoms with E-state index in [0.717, 1.165) is 0 Å². The van der Waals surface area contributed by atoms with Crippen molar-refractivity contribution in [3.05, 3.63) is 39.2 Å². The highest BCUT2D eigenvalue weighted by molar-refractivity contribution is 9.10. The number of fused-ring (bicyclic) bond motifs is 1. The molecule has 3 nitrogen and oxygen atoms in total. The maximum atomic E-state index is 11.6. The van der Waals surface area contributed by atoms with E-state index in [4.69, 9.17) is 9.15 Å². The lowest BCUT2D eigenvalue weighted by Gasteiger charge is -2.00. The van der Waals surface area contributed by atoms with Gasteiger partial charge in [-0.2, -0.15) is 0 Å². The third kappa shape index (κ3) is 1.42. The number of hydrogen-bond donors (Lipinski definition) is 0. The van der Waals surface area contributed by atoms with Gasteiger partial charge in [0.05, 0.1) is 12.5 Å². The second kappa shape index (κ2) is 3.46. The molecule has 0 saturated heterocycles. The first kappa shape index (κ1) is 9.27. The summed E-state index contributed by atoms with van der Waals surface area (Å²) in [7, 11) is 1.56. The predicted molar refractivity (Wildman–Crippen MR) is 56.7 cm³/mol. The molecule has 0 unspecified atom stereocenters. The lowest BCUT2D eigenvalue weighted by atomic mass is 10.2. The summed E-state index contributed by atoms with van der Waals surface area (Å²) in [5.41, 5.74) is 0.462. The first-order valence-corrected chi connectivity index (χ1v) is 4.77. The average Bonchev–Trinajstić information content (AvgIpc) is 2.23. The van der Waals surface area contributed by atoms with Crippen molar-refractivity contribution >= 4 is 26.9 Å². The largest absolute Gasteiger partial charge is 0.497 e. The quantitative estimate of drug-likeness (QED) is 0.786. The molecule has 72 valence electrons. The molecule has 1 heterocycles. The van der Waals surface area contributed by atoms with Gasteiger partial charge in [-0.25, -0.2) is 0 Å². The second-order valence-corrected chi connectivity index (χ2v) is 3.63. The summed E-state index contributed by atoms with van der Waals surface area (Å²) in [5, 5.41) is 0.513. The van der Waals surface area contributed by atoms with Gasteiger partial charge in [0.15, 0.2) is 0 Å². The van der Waals surface area contributed by atoms with Crippen molar-refractivity contribution < 1.29 is 9.15 Å². The minimum Gasteiger partial charge on any atom is -0.497 e. The third-order valence-electron chi connectivity index (χ3n) is 1.94. The molecule has 1 aromatic carbocycles. The SMILES string of the molecule is COc1ccc2occ(Br)c(=O)c2c1. The van der Waals surface area contributed by atoms with Crippen molar-refractivity contribution in [1.29, 1.82) is 0 Å². The maximum absolute atomic E-state index is 11.6. The van der Waals surface area contributed by atoms with E-state index in [1.165, 1.54) is 6.26 Å². The van der Waals surface area contributed by atoms with E-state index in [-0.39, 0.29) is 5.43 Å². The molecule has 0 fully saturated rings. The molecule has 2 aromatic rings. The molecule has 1 aromatic heterocycles. The summed E-state index contributed by atoms with van der Waals surface area (Å²) in [4.78, 5) is 11.6. The van der Waals surface area contributed by atoms with Crippen molar-refractivity contribution in [1.82, 2.24) is 0 Å². The molecule has 0 aliphatic carbocycles. The second-order valence-electron chi connectivity index (χ2n) is 2.77. The molecule has 0 radical (unpaired) electrons. The topological polar surface area (TPSA) is 39.4 Å². The van der Waals surface area contributed by atoms with Crippen LogP contribution in [-0.4, -0.2) is 7.11 Å². The molecule has 0 bridgehead atoms. The van der Waals surface area contributed by atoms with E-state index in [1.54, 1.807) is 25.3 Å². The van der Waals surface area contributed by atoms with Gasteiger partial charge in [-0.05, 0) is 34.1 Å². The van der Waals surface area contributed by atoms with E-state index in [0.29, 0.717) is 21.2 Å². The fourth-order valence-electron chi connectivity index (χ4n) is 1.21. The highest BCUT2D eigenvalue weighted by atomic mass is 79.9.